The molecule has 2 amide bonds. The van der Waals surface area contributed by atoms with Gasteiger partial charge in [-0.05, 0) is 69.0 Å². The molecular formula is C34H36FN5O5. The Morgan fingerprint density at radius 1 is 1.02 bits per heavy atom. The van der Waals surface area contributed by atoms with Gasteiger partial charge in [-0.15, -0.1) is 0 Å². The highest BCUT2D eigenvalue weighted by Gasteiger charge is 2.34. The van der Waals surface area contributed by atoms with Crippen LogP contribution in [0.2, 0.25) is 0 Å². The summed E-state index contributed by atoms with van der Waals surface area (Å²) < 4.78 is 29.9. The van der Waals surface area contributed by atoms with E-state index in [0.29, 0.717) is 49.6 Å². The van der Waals surface area contributed by atoms with E-state index in [4.69, 9.17) is 9.47 Å². The van der Waals surface area contributed by atoms with Crippen LogP contribution in [0.1, 0.15) is 56.8 Å². The number of rotatable bonds is 4. The first-order valence-electron chi connectivity index (χ1n) is 15.5. The lowest BCUT2D eigenvalue weighted by Gasteiger charge is -2.30. The molecule has 1 unspecified atom stereocenters. The van der Waals surface area contributed by atoms with Crippen molar-refractivity contribution in [2.75, 3.05) is 31.1 Å². The van der Waals surface area contributed by atoms with Gasteiger partial charge < -0.3 is 24.3 Å². The van der Waals surface area contributed by atoms with Crippen LogP contribution in [0, 0.1) is 5.82 Å². The Labute approximate surface area is 259 Å². The molecular weight excluding hydrogens is 577 g/mol. The standard InChI is InChI=1S/C34H36FN5O5/c1-34(2,3)45-33(43)36-22-11-14-38(18-22)29-25(35)17-23-28-31(29)44-27-16-21-10-6-5-9-20(21)15-26(27)40(28)19-24(30(23)41)32(42)37-39-12-7-4-8-13-39/h5-6,9-10,15-17,19,22H,4,7-8,11-14,18H2,1-3H3,(H,36,43)(H,37,42). The van der Waals surface area contributed by atoms with Gasteiger partial charge in [-0.25, -0.2) is 14.2 Å². The second kappa shape index (κ2) is 11.1. The van der Waals surface area contributed by atoms with Gasteiger partial charge in [0.2, 0.25) is 5.43 Å². The average molecular weight is 614 g/mol. The van der Waals surface area contributed by atoms with Gasteiger partial charge in [0.25, 0.3) is 5.91 Å². The second-order valence-corrected chi connectivity index (χ2v) is 13.0. The molecule has 7 rings (SSSR count). The van der Waals surface area contributed by atoms with Crippen molar-refractivity contribution in [3.05, 3.63) is 70.3 Å². The zero-order chi connectivity index (χ0) is 31.5. The molecule has 0 saturated carbocycles. The minimum Gasteiger partial charge on any atom is -0.451 e. The van der Waals surface area contributed by atoms with E-state index >= 15 is 4.39 Å². The number of fused-ring (bicyclic) bond motifs is 3. The normalized spacial score (nSPS) is 18.0. The van der Waals surface area contributed by atoms with Crippen molar-refractivity contribution in [1.29, 1.82) is 0 Å². The minimum absolute atomic E-state index is 0.0546. The van der Waals surface area contributed by atoms with E-state index in [9.17, 15) is 14.4 Å². The molecule has 2 fully saturated rings. The summed E-state index contributed by atoms with van der Waals surface area (Å²) in [6, 6.07) is 12.6. The fourth-order valence-electron chi connectivity index (χ4n) is 6.51. The monoisotopic (exact) mass is 613 g/mol. The quantitative estimate of drug-likeness (QED) is 0.271. The van der Waals surface area contributed by atoms with Gasteiger partial charge in [0.05, 0.1) is 17.1 Å². The number of nitrogens with one attached hydrogen (secondary N) is 2. The smallest absolute Gasteiger partial charge is 0.407 e. The molecule has 0 bridgehead atoms. The largest absolute Gasteiger partial charge is 0.451 e. The lowest BCUT2D eigenvalue weighted by molar-refractivity contribution is 0.0508. The Hall–Kier alpha value is -4.64. The summed E-state index contributed by atoms with van der Waals surface area (Å²) in [6.07, 6.45) is 4.60. The molecule has 2 saturated heterocycles. The van der Waals surface area contributed by atoms with E-state index in [0.717, 1.165) is 30.0 Å². The van der Waals surface area contributed by atoms with Crippen molar-refractivity contribution >= 4 is 39.4 Å². The Morgan fingerprint density at radius 2 is 1.76 bits per heavy atom. The average Bonchev–Trinajstić information content (AvgIpc) is 3.44. The summed E-state index contributed by atoms with van der Waals surface area (Å²) in [4.78, 5) is 41.6. The Kier molecular flexibility index (Phi) is 7.15. The summed E-state index contributed by atoms with van der Waals surface area (Å²) in [5, 5.41) is 6.65. The molecule has 2 N–H and O–H groups in total. The van der Waals surface area contributed by atoms with Crippen LogP contribution >= 0.6 is 0 Å². The lowest BCUT2D eigenvalue weighted by Crippen LogP contribution is -2.46. The van der Waals surface area contributed by atoms with E-state index in [-0.39, 0.29) is 28.4 Å². The number of hydrogen-bond acceptors (Lipinski definition) is 7. The fourth-order valence-corrected chi connectivity index (χ4v) is 6.51. The summed E-state index contributed by atoms with van der Waals surface area (Å²) in [6.45, 7) is 7.57. The second-order valence-electron chi connectivity index (χ2n) is 13.0. The number of amides is 2. The molecule has 4 aromatic rings. The number of alkyl carbamates (subject to hydrolysis) is 1. The SMILES string of the molecule is CC(C)(C)OC(=O)NC1CCN(c2c(F)cc3c(=O)c(C(=O)NN4CCCCC4)cn4c3c2Oc2cc3ccccc3cc2-4)C1. The van der Waals surface area contributed by atoms with Gasteiger partial charge in [0.15, 0.2) is 17.3 Å². The van der Waals surface area contributed by atoms with Crippen LogP contribution in [-0.4, -0.2) is 59.4 Å². The number of hydrogen-bond donors (Lipinski definition) is 2. The third-order valence-corrected chi connectivity index (χ3v) is 8.56. The van der Waals surface area contributed by atoms with Crippen molar-refractivity contribution in [2.24, 2.45) is 0 Å². The van der Waals surface area contributed by atoms with Crippen LogP contribution < -0.4 is 25.8 Å². The number of aromatic nitrogens is 1. The number of benzene rings is 3. The highest BCUT2D eigenvalue weighted by molar-refractivity contribution is 6.02. The fraction of sp³-hybridized carbons (Fsp3) is 0.382. The molecule has 234 valence electrons. The summed E-state index contributed by atoms with van der Waals surface area (Å²) in [5.41, 5.74) is 2.83. The number of ether oxygens (including phenoxy) is 2. The van der Waals surface area contributed by atoms with Crippen LogP contribution in [0.15, 0.2) is 53.5 Å². The molecule has 11 heteroatoms. The van der Waals surface area contributed by atoms with Gasteiger partial charge >= 0.3 is 6.09 Å². The first-order valence-corrected chi connectivity index (χ1v) is 15.5. The topological polar surface area (TPSA) is 105 Å². The van der Waals surface area contributed by atoms with Crippen LogP contribution in [-0.2, 0) is 4.74 Å². The maximum absolute atomic E-state index is 16.2. The predicted octanol–water partition coefficient (Wildman–Crippen LogP) is 5.62. The molecule has 1 aromatic heterocycles. The van der Waals surface area contributed by atoms with Gasteiger partial charge in [-0.1, -0.05) is 30.7 Å². The third kappa shape index (κ3) is 5.45. The van der Waals surface area contributed by atoms with E-state index in [2.05, 4.69) is 10.7 Å². The number of anilines is 1. The first-order chi connectivity index (χ1) is 21.6. The number of nitrogens with zero attached hydrogens (tertiary/aromatic N) is 3. The Bertz CT molecular complexity index is 1910. The molecule has 45 heavy (non-hydrogen) atoms. The maximum atomic E-state index is 16.2. The predicted molar refractivity (Wildman–Crippen MR) is 170 cm³/mol. The van der Waals surface area contributed by atoms with Gasteiger partial charge in [0.1, 0.15) is 22.4 Å². The van der Waals surface area contributed by atoms with E-state index in [1.165, 1.54) is 6.07 Å². The molecule has 10 nitrogen and oxygen atoms in total. The highest BCUT2D eigenvalue weighted by Crippen LogP contribution is 2.48. The molecule has 1 atom stereocenters. The first kappa shape index (κ1) is 29.1. The Morgan fingerprint density at radius 3 is 2.49 bits per heavy atom. The maximum Gasteiger partial charge on any atom is 0.407 e. The summed E-state index contributed by atoms with van der Waals surface area (Å²) >= 11 is 0. The summed E-state index contributed by atoms with van der Waals surface area (Å²) in [7, 11) is 0. The van der Waals surface area contributed by atoms with Crippen molar-refractivity contribution in [1.82, 2.24) is 20.3 Å². The lowest BCUT2D eigenvalue weighted by atomic mass is 10.0. The molecule has 3 aliphatic rings. The minimum atomic E-state index is -0.643. The zero-order valence-electron chi connectivity index (χ0n) is 25.6. The molecule has 0 radical (unpaired) electrons. The van der Waals surface area contributed by atoms with Gasteiger partial charge in [-0.2, -0.15) is 0 Å². The van der Waals surface area contributed by atoms with Crippen LogP contribution in [0.25, 0.3) is 27.4 Å². The molecule has 0 aliphatic carbocycles. The van der Waals surface area contributed by atoms with Crippen LogP contribution in [0.5, 0.6) is 11.5 Å². The van der Waals surface area contributed by atoms with Crippen molar-refractivity contribution in [3.63, 3.8) is 0 Å². The Balaban J connectivity index is 1.34. The van der Waals surface area contributed by atoms with Crippen molar-refractivity contribution in [2.45, 2.75) is 58.1 Å². The molecule has 0 spiro atoms. The number of piperidine rings is 1. The number of pyridine rings is 1. The van der Waals surface area contributed by atoms with Crippen molar-refractivity contribution < 1.29 is 23.5 Å². The molecule has 3 aromatic carbocycles. The van der Waals surface area contributed by atoms with Crippen LogP contribution in [0.4, 0.5) is 14.9 Å². The van der Waals surface area contributed by atoms with Gasteiger partial charge in [-0.3, -0.25) is 15.0 Å². The van der Waals surface area contributed by atoms with Crippen LogP contribution in [0.3, 0.4) is 0 Å². The highest BCUT2D eigenvalue weighted by atomic mass is 19.1. The molecule has 4 heterocycles. The van der Waals surface area contributed by atoms with E-state index in [1.54, 1.807) is 31.5 Å². The number of carbonyl (C=O) groups excluding carboxylic acids is 2. The third-order valence-electron chi connectivity index (χ3n) is 8.56. The van der Waals surface area contributed by atoms with E-state index in [1.807, 2.05) is 46.3 Å². The van der Waals surface area contributed by atoms with Crippen molar-refractivity contribution in [3.8, 4) is 17.2 Å². The number of carbonyl (C=O) groups is 2. The van der Waals surface area contributed by atoms with Gasteiger partial charge in [0, 0.05) is 32.4 Å². The molecule has 3 aliphatic heterocycles. The summed E-state index contributed by atoms with van der Waals surface area (Å²) in [5.74, 6) is -0.492. The number of halogens is 1. The zero-order valence-corrected chi connectivity index (χ0v) is 25.6. The van der Waals surface area contributed by atoms with E-state index < -0.39 is 28.8 Å². The number of hydrazine groups is 1.